The van der Waals surface area contributed by atoms with Crippen molar-refractivity contribution in [1.82, 2.24) is 0 Å². The zero-order valence-electron chi connectivity index (χ0n) is 12.7. The molecule has 0 heterocycles. The maximum Gasteiger partial charge on any atom is 0.0701 e. The van der Waals surface area contributed by atoms with Gasteiger partial charge in [0.05, 0.1) is 26.4 Å². The smallest absolute Gasteiger partial charge is 0.0701 e. The zero-order valence-corrected chi connectivity index (χ0v) is 13.4. The Balaban J connectivity index is 2.95. The van der Waals surface area contributed by atoms with Crippen LogP contribution in [0, 0.1) is 5.92 Å². The van der Waals surface area contributed by atoms with Gasteiger partial charge in [0.2, 0.25) is 0 Å². The molecule has 4 heteroatoms. The van der Waals surface area contributed by atoms with Crippen molar-refractivity contribution in [2.24, 2.45) is 5.92 Å². The highest BCUT2D eigenvalue weighted by atomic mass is 35.5. The summed E-state index contributed by atoms with van der Waals surface area (Å²) in [4.78, 5) is 0. The minimum absolute atomic E-state index is 0.641. The molecule has 0 fully saturated rings. The molecule has 1 unspecified atom stereocenters. The summed E-state index contributed by atoms with van der Waals surface area (Å²) in [6.07, 6.45) is 5.81. The third kappa shape index (κ3) is 16.1. The van der Waals surface area contributed by atoms with Crippen molar-refractivity contribution in [3.8, 4) is 0 Å². The summed E-state index contributed by atoms with van der Waals surface area (Å²) in [6.45, 7) is 8.72. The van der Waals surface area contributed by atoms with Gasteiger partial charge in [0, 0.05) is 19.1 Å². The first kappa shape index (κ1) is 19.2. The lowest BCUT2D eigenvalue weighted by Crippen LogP contribution is -2.12. The minimum Gasteiger partial charge on any atom is -0.379 e. The van der Waals surface area contributed by atoms with Crippen molar-refractivity contribution in [2.45, 2.75) is 46.0 Å². The maximum atomic E-state index is 5.60. The van der Waals surface area contributed by atoms with Crippen LogP contribution in [0.4, 0.5) is 0 Å². The molecule has 0 aromatic carbocycles. The van der Waals surface area contributed by atoms with Gasteiger partial charge < -0.3 is 14.2 Å². The van der Waals surface area contributed by atoms with Gasteiger partial charge in [-0.2, -0.15) is 0 Å². The van der Waals surface area contributed by atoms with Crippen LogP contribution in [-0.4, -0.2) is 45.5 Å². The van der Waals surface area contributed by atoms with Gasteiger partial charge in [0.25, 0.3) is 0 Å². The third-order valence-electron chi connectivity index (χ3n) is 3.02. The van der Waals surface area contributed by atoms with Gasteiger partial charge in [0.1, 0.15) is 0 Å². The molecular weight excluding hydrogens is 264 g/mol. The van der Waals surface area contributed by atoms with Gasteiger partial charge in [-0.15, -0.1) is 11.6 Å². The molecule has 0 aliphatic rings. The van der Waals surface area contributed by atoms with Crippen LogP contribution in [0.1, 0.15) is 46.0 Å². The van der Waals surface area contributed by atoms with Gasteiger partial charge in [-0.3, -0.25) is 0 Å². The highest BCUT2D eigenvalue weighted by Gasteiger charge is 1.98. The monoisotopic (exact) mass is 294 g/mol. The fourth-order valence-electron chi connectivity index (χ4n) is 1.49. The van der Waals surface area contributed by atoms with E-state index in [-0.39, 0.29) is 0 Å². The summed E-state index contributed by atoms with van der Waals surface area (Å²) in [5.74, 6) is 1.41. The second-order valence-corrected chi connectivity index (χ2v) is 5.29. The van der Waals surface area contributed by atoms with E-state index in [0.29, 0.717) is 32.3 Å². The van der Waals surface area contributed by atoms with Crippen LogP contribution < -0.4 is 0 Å². The van der Waals surface area contributed by atoms with Crippen LogP contribution in [0.15, 0.2) is 0 Å². The molecule has 0 spiro atoms. The SMILES string of the molecule is CCC(C)COCCOCCOCCCCCCCl. The molecule has 0 aromatic rings. The van der Waals surface area contributed by atoms with E-state index in [1.54, 1.807) is 0 Å². The number of rotatable bonds is 15. The van der Waals surface area contributed by atoms with Crippen LogP contribution in [0.2, 0.25) is 0 Å². The van der Waals surface area contributed by atoms with Crippen LogP contribution in [0.3, 0.4) is 0 Å². The minimum atomic E-state index is 0.641. The molecule has 0 saturated carbocycles. The van der Waals surface area contributed by atoms with Crippen LogP contribution in [0.5, 0.6) is 0 Å². The van der Waals surface area contributed by atoms with Crippen LogP contribution in [0.25, 0.3) is 0 Å². The normalized spacial score (nSPS) is 12.8. The molecule has 0 saturated heterocycles. The molecule has 0 aliphatic carbocycles. The topological polar surface area (TPSA) is 27.7 Å². The highest BCUT2D eigenvalue weighted by molar-refractivity contribution is 6.17. The van der Waals surface area contributed by atoms with Gasteiger partial charge in [0.15, 0.2) is 0 Å². The summed E-state index contributed by atoms with van der Waals surface area (Å²) in [6, 6.07) is 0. The second kappa shape index (κ2) is 16.2. The molecule has 0 N–H and O–H groups in total. The Labute approximate surface area is 123 Å². The van der Waals surface area contributed by atoms with Crippen molar-refractivity contribution in [1.29, 1.82) is 0 Å². The lowest BCUT2D eigenvalue weighted by atomic mass is 10.1. The standard InChI is InChI=1S/C15H31ClO3/c1-3-15(2)14-19-13-12-18-11-10-17-9-7-5-4-6-8-16/h15H,3-14H2,1-2H3. The Kier molecular flexibility index (Phi) is 16.4. The Hall–Kier alpha value is 0.170. The Morgan fingerprint density at radius 3 is 2.00 bits per heavy atom. The van der Waals surface area contributed by atoms with E-state index in [1.807, 2.05) is 0 Å². The summed E-state index contributed by atoms with van der Waals surface area (Å²) in [5, 5.41) is 0. The predicted molar refractivity (Wildman–Crippen MR) is 81.1 cm³/mol. The summed E-state index contributed by atoms with van der Waals surface area (Å²) < 4.78 is 16.4. The highest BCUT2D eigenvalue weighted by Crippen LogP contribution is 2.01. The lowest BCUT2D eigenvalue weighted by molar-refractivity contribution is 0.00772. The number of halogens is 1. The van der Waals surface area contributed by atoms with Crippen LogP contribution >= 0.6 is 11.6 Å². The lowest BCUT2D eigenvalue weighted by Gasteiger charge is -2.09. The van der Waals surface area contributed by atoms with Crippen LogP contribution in [-0.2, 0) is 14.2 Å². The quantitative estimate of drug-likeness (QED) is 0.339. The first-order valence-electron chi connectivity index (χ1n) is 7.60. The molecule has 19 heavy (non-hydrogen) atoms. The molecule has 116 valence electrons. The van der Waals surface area contributed by atoms with E-state index in [0.717, 1.165) is 31.9 Å². The average molecular weight is 295 g/mol. The summed E-state index contributed by atoms with van der Waals surface area (Å²) in [7, 11) is 0. The summed E-state index contributed by atoms with van der Waals surface area (Å²) >= 11 is 5.60. The molecule has 0 aliphatic heterocycles. The van der Waals surface area contributed by atoms with Crippen molar-refractivity contribution in [2.75, 3.05) is 45.5 Å². The third-order valence-corrected chi connectivity index (χ3v) is 3.28. The number of hydrogen-bond acceptors (Lipinski definition) is 3. The van der Waals surface area contributed by atoms with Gasteiger partial charge in [-0.05, 0) is 18.8 Å². The number of hydrogen-bond donors (Lipinski definition) is 0. The van der Waals surface area contributed by atoms with Crippen molar-refractivity contribution < 1.29 is 14.2 Å². The molecule has 0 aromatic heterocycles. The fraction of sp³-hybridized carbons (Fsp3) is 1.00. The number of unbranched alkanes of at least 4 members (excludes halogenated alkanes) is 3. The molecule has 0 amide bonds. The molecule has 0 rings (SSSR count). The first-order chi connectivity index (χ1) is 9.31. The predicted octanol–water partition coefficient (Wildman–Crippen LogP) is 3.88. The number of alkyl halides is 1. The molecule has 0 radical (unpaired) electrons. The van der Waals surface area contributed by atoms with E-state index < -0.39 is 0 Å². The Morgan fingerprint density at radius 1 is 0.789 bits per heavy atom. The Morgan fingerprint density at radius 2 is 1.37 bits per heavy atom. The van der Waals surface area contributed by atoms with Crippen molar-refractivity contribution in [3.63, 3.8) is 0 Å². The van der Waals surface area contributed by atoms with Gasteiger partial charge in [-0.25, -0.2) is 0 Å². The van der Waals surface area contributed by atoms with E-state index >= 15 is 0 Å². The maximum absolute atomic E-state index is 5.60. The largest absolute Gasteiger partial charge is 0.379 e. The van der Waals surface area contributed by atoms with Gasteiger partial charge in [-0.1, -0.05) is 33.1 Å². The van der Waals surface area contributed by atoms with E-state index in [1.165, 1.54) is 19.3 Å². The van der Waals surface area contributed by atoms with E-state index in [2.05, 4.69) is 13.8 Å². The number of ether oxygens (including phenoxy) is 3. The zero-order chi connectivity index (χ0) is 14.2. The molecule has 1 atom stereocenters. The van der Waals surface area contributed by atoms with Gasteiger partial charge >= 0.3 is 0 Å². The van der Waals surface area contributed by atoms with E-state index in [9.17, 15) is 0 Å². The fourth-order valence-corrected chi connectivity index (χ4v) is 1.68. The second-order valence-electron chi connectivity index (χ2n) is 4.92. The van der Waals surface area contributed by atoms with Crippen molar-refractivity contribution in [3.05, 3.63) is 0 Å². The van der Waals surface area contributed by atoms with E-state index in [4.69, 9.17) is 25.8 Å². The summed E-state index contributed by atoms with van der Waals surface area (Å²) in [5.41, 5.74) is 0. The average Bonchev–Trinajstić information content (AvgIpc) is 2.43. The molecule has 3 nitrogen and oxygen atoms in total. The van der Waals surface area contributed by atoms with Crippen molar-refractivity contribution >= 4 is 11.6 Å². The molecular formula is C15H31ClO3. The Bertz CT molecular complexity index is 167. The molecule has 0 bridgehead atoms. The first-order valence-corrected chi connectivity index (χ1v) is 8.13.